The second-order valence-corrected chi connectivity index (χ2v) is 5.39. The molecule has 0 saturated carbocycles. The van der Waals surface area contributed by atoms with Crippen molar-refractivity contribution in [1.29, 1.82) is 0 Å². The molecule has 90 valence electrons. The summed E-state index contributed by atoms with van der Waals surface area (Å²) in [5, 5.41) is 8.09. The molecule has 0 aromatic carbocycles. The first-order valence-electron chi connectivity index (χ1n) is 5.29. The predicted molar refractivity (Wildman–Crippen MR) is 73.5 cm³/mol. The van der Waals surface area contributed by atoms with Crippen molar-refractivity contribution in [3.63, 3.8) is 0 Å². The number of nitrogens with one attached hydrogen (secondary N) is 1. The molecule has 6 heteroatoms. The standard InChI is InChI=1S/C11H14N4S2/c12-11(15-8-10-13-5-7-17-10)14-4-3-9-2-1-6-16-9/h1-2,5-7H,3-4,8H2,(H3,12,14,15). The van der Waals surface area contributed by atoms with Crippen molar-refractivity contribution in [2.45, 2.75) is 13.0 Å². The van der Waals surface area contributed by atoms with Gasteiger partial charge in [-0.2, -0.15) is 0 Å². The first-order valence-corrected chi connectivity index (χ1v) is 7.05. The largest absolute Gasteiger partial charge is 0.370 e. The number of nitrogens with two attached hydrogens (primary N) is 1. The highest BCUT2D eigenvalue weighted by atomic mass is 32.1. The van der Waals surface area contributed by atoms with Crippen LogP contribution in [0.3, 0.4) is 0 Å². The van der Waals surface area contributed by atoms with E-state index in [2.05, 4.69) is 32.8 Å². The van der Waals surface area contributed by atoms with Gasteiger partial charge in [-0.05, 0) is 17.9 Å². The number of hydrogen-bond acceptors (Lipinski definition) is 4. The number of aromatic nitrogens is 1. The maximum Gasteiger partial charge on any atom is 0.189 e. The van der Waals surface area contributed by atoms with Gasteiger partial charge in [-0.3, -0.25) is 0 Å². The van der Waals surface area contributed by atoms with E-state index in [0.717, 1.165) is 18.0 Å². The average molecular weight is 266 g/mol. The van der Waals surface area contributed by atoms with E-state index in [1.807, 2.05) is 5.38 Å². The summed E-state index contributed by atoms with van der Waals surface area (Å²) >= 11 is 3.34. The van der Waals surface area contributed by atoms with Crippen molar-refractivity contribution in [1.82, 2.24) is 10.3 Å². The molecular formula is C11H14N4S2. The molecule has 0 bridgehead atoms. The van der Waals surface area contributed by atoms with Crippen LogP contribution in [0.15, 0.2) is 34.1 Å². The zero-order chi connectivity index (χ0) is 11.9. The van der Waals surface area contributed by atoms with Crippen LogP contribution in [-0.2, 0) is 13.0 Å². The lowest BCUT2D eigenvalue weighted by atomic mass is 10.3. The molecule has 0 aliphatic rings. The van der Waals surface area contributed by atoms with Crippen LogP contribution < -0.4 is 11.1 Å². The third-order valence-corrected chi connectivity index (χ3v) is 3.83. The van der Waals surface area contributed by atoms with Gasteiger partial charge in [0.05, 0.1) is 6.54 Å². The Morgan fingerprint density at radius 3 is 3.06 bits per heavy atom. The Morgan fingerprint density at radius 1 is 1.41 bits per heavy atom. The number of guanidine groups is 1. The van der Waals surface area contributed by atoms with Gasteiger partial charge in [-0.25, -0.2) is 9.98 Å². The molecular weight excluding hydrogens is 252 g/mol. The molecule has 0 aliphatic heterocycles. The SMILES string of the molecule is NC(=NCc1nccs1)NCCc1cccs1. The molecule has 2 aromatic rings. The summed E-state index contributed by atoms with van der Waals surface area (Å²) in [6.07, 6.45) is 2.75. The minimum atomic E-state index is 0.483. The van der Waals surface area contributed by atoms with Gasteiger partial charge >= 0.3 is 0 Å². The topological polar surface area (TPSA) is 63.3 Å². The van der Waals surface area contributed by atoms with E-state index >= 15 is 0 Å². The molecule has 2 heterocycles. The van der Waals surface area contributed by atoms with E-state index < -0.39 is 0 Å². The molecule has 0 radical (unpaired) electrons. The molecule has 0 fully saturated rings. The Morgan fingerprint density at radius 2 is 2.35 bits per heavy atom. The van der Waals surface area contributed by atoms with Gasteiger partial charge < -0.3 is 11.1 Å². The zero-order valence-electron chi connectivity index (χ0n) is 9.30. The molecule has 0 unspecified atom stereocenters. The van der Waals surface area contributed by atoms with Gasteiger partial charge in [0.2, 0.25) is 0 Å². The van der Waals surface area contributed by atoms with Gasteiger partial charge in [0.15, 0.2) is 5.96 Å². The maximum absolute atomic E-state index is 5.75. The number of hydrogen-bond donors (Lipinski definition) is 2. The molecule has 3 N–H and O–H groups in total. The summed E-state index contributed by atoms with van der Waals surface area (Å²) in [6, 6.07) is 4.18. The van der Waals surface area contributed by atoms with Crippen molar-refractivity contribution in [3.8, 4) is 0 Å². The van der Waals surface area contributed by atoms with Gasteiger partial charge in [0, 0.05) is 23.0 Å². The normalized spacial score (nSPS) is 11.6. The molecule has 17 heavy (non-hydrogen) atoms. The molecule has 2 aromatic heterocycles. The van der Waals surface area contributed by atoms with Crippen molar-refractivity contribution in [3.05, 3.63) is 39.0 Å². The van der Waals surface area contributed by atoms with E-state index in [1.165, 1.54) is 4.88 Å². The third kappa shape index (κ3) is 4.16. The molecule has 0 atom stereocenters. The quantitative estimate of drug-likeness (QED) is 0.641. The van der Waals surface area contributed by atoms with Gasteiger partial charge in [-0.15, -0.1) is 22.7 Å². The van der Waals surface area contributed by atoms with Crippen LogP contribution in [0.4, 0.5) is 0 Å². The van der Waals surface area contributed by atoms with E-state index in [9.17, 15) is 0 Å². The van der Waals surface area contributed by atoms with Gasteiger partial charge in [0.1, 0.15) is 5.01 Å². The van der Waals surface area contributed by atoms with Gasteiger partial charge in [0.25, 0.3) is 0 Å². The summed E-state index contributed by atoms with van der Waals surface area (Å²) < 4.78 is 0. The van der Waals surface area contributed by atoms with E-state index in [-0.39, 0.29) is 0 Å². The molecule has 2 rings (SSSR count). The number of aliphatic imine (C=N–C) groups is 1. The lowest BCUT2D eigenvalue weighted by molar-refractivity contribution is 0.856. The molecule has 0 aliphatic carbocycles. The highest BCUT2D eigenvalue weighted by molar-refractivity contribution is 7.10. The summed E-state index contributed by atoms with van der Waals surface area (Å²) in [5.41, 5.74) is 5.75. The second-order valence-electron chi connectivity index (χ2n) is 3.38. The Hall–Kier alpha value is -1.40. The highest BCUT2D eigenvalue weighted by Crippen LogP contribution is 2.08. The van der Waals surface area contributed by atoms with E-state index in [1.54, 1.807) is 28.9 Å². The number of thiazole rings is 1. The highest BCUT2D eigenvalue weighted by Gasteiger charge is 1.96. The maximum atomic E-state index is 5.75. The number of nitrogens with zero attached hydrogens (tertiary/aromatic N) is 2. The van der Waals surface area contributed by atoms with Crippen LogP contribution in [0.1, 0.15) is 9.88 Å². The fraction of sp³-hybridized carbons (Fsp3) is 0.273. The summed E-state index contributed by atoms with van der Waals surface area (Å²) in [7, 11) is 0. The number of thiophene rings is 1. The fourth-order valence-corrected chi connectivity index (χ4v) is 2.56. The first kappa shape index (κ1) is 12.1. The summed E-state index contributed by atoms with van der Waals surface area (Å²) in [4.78, 5) is 9.71. The minimum Gasteiger partial charge on any atom is -0.370 e. The first-order chi connectivity index (χ1) is 8.34. The van der Waals surface area contributed by atoms with Crippen molar-refractivity contribution < 1.29 is 0 Å². The van der Waals surface area contributed by atoms with Crippen LogP contribution in [-0.4, -0.2) is 17.5 Å². The Kier molecular flexibility index (Phi) is 4.52. The van der Waals surface area contributed by atoms with Crippen molar-refractivity contribution in [2.24, 2.45) is 10.7 Å². The minimum absolute atomic E-state index is 0.483. The van der Waals surface area contributed by atoms with Crippen LogP contribution in [0.25, 0.3) is 0 Å². The monoisotopic (exact) mass is 266 g/mol. The predicted octanol–water partition coefficient (Wildman–Crippen LogP) is 1.85. The lowest BCUT2D eigenvalue weighted by Gasteiger charge is -2.03. The van der Waals surface area contributed by atoms with Crippen LogP contribution in [0.5, 0.6) is 0 Å². The molecule has 0 saturated heterocycles. The molecule has 0 spiro atoms. The Balaban J connectivity index is 1.70. The van der Waals surface area contributed by atoms with E-state index in [4.69, 9.17) is 5.73 Å². The zero-order valence-corrected chi connectivity index (χ0v) is 10.9. The third-order valence-electron chi connectivity index (χ3n) is 2.13. The van der Waals surface area contributed by atoms with E-state index in [0.29, 0.717) is 12.5 Å². The Bertz CT molecular complexity index is 448. The number of rotatable bonds is 5. The van der Waals surface area contributed by atoms with Crippen LogP contribution >= 0.6 is 22.7 Å². The van der Waals surface area contributed by atoms with Crippen LogP contribution in [0, 0.1) is 0 Å². The van der Waals surface area contributed by atoms with Crippen LogP contribution in [0.2, 0.25) is 0 Å². The molecule has 4 nitrogen and oxygen atoms in total. The lowest BCUT2D eigenvalue weighted by Crippen LogP contribution is -2.33. The van der Waals surface area contributed by atoms with Crippen molar-refractivity contribution >= 4 is 28.6 Å². The summed E-state index contributed by atoms with van der Waals surface area (Å²) in [5.74, 6) is 0.483. The second kappa shape index (κ2) is 6.36. The van der Waals surface area contributed by atoms with Gasteiger partial charge in [-0.1, -0.05) is 6.07 Å². The van der Waals surface area contributed by atoms with Crippen molar-refractivity contribution in [2.75, 3.05) is 6.54 Å². The smallest absolute Gasteiger partial charge is 0.189 e. The average Bonchev–Trinajstić information content (AvgIpc) is 2.99. The summed E-state index contributed by atoms with van der Waals surface area (Å²) in [6.45, 7) is 1.36. The molecule has 0 amide bonds. The fourth-order valence-electron chi connectivity index (χ4n) is 1.31. The Labute approximate surface area is 108 Å².